The van der Waals surface area contributed by atoms with E-state index in [1.165, 1.54) is 30.9 Å². The number of nitrogens with two attached hydrogens (primary N) is 4. The quantitative estimate of drug-likeness (QED) is 0.0189. The molecule has 414 valence electrons. The molecule has 19 N–H and O–H groups in total. The lowest BCUT2D eigenvalue weighted by molar-refractivity contribution is -0.143. The van der Waals surface area contributed by atoms with Crippen molar-refractivity contribution in [1.82, 2.24) is 42.1 Å². The largest absolute Gasteiger partial charge is 0.508 e. The van der Waals surface area contributed by atoms with Crippen molar-refractivity contribution in [2.75, 3.05) is 19.7 Å². The Labute approximate surface area is 429 Å². The smallest absolute Gasteiger partial charge is 0.303 e. The lowest BCUT2D eigenvalue weighted by Gasteiger charge is -2.32. The number of carboxylic acids is 1. The fraction of sp³-hybridized carbons (Fsp3) is 0.638. The number of carbonyl (C=O) groups is 10. The highest BCUT2D eigenvalue weighted by Crippen LogP contribution is 2.22. The normalized spacial score (nSPS) is 17.3. The first kappa shape index (κ1) is 63.0. The van der Waals surface area contributed by atoms with Gasteiger partial charge in [-0.1, -0.05) is 46.2 Å². The minimum atomic E-state index is -1.69. The van der Waals surface area contributed by atoms with Crippen LogP contribution in [0.15, 0.2) is 29.3 Å². The maximum absolute atomic E-state index is 14.6. The van der Waals surface area contributed by atoms with Crippen molar-refractivity contribution in [3.8, 4) is 5.75 Å². The Hall–Kier alpha value is -7.13. The molecule has 11 atom stereocenters. The SMILES string of the molecule is CC[C@H](C)[C@H](NC(=O)[C@@H](N)[C@@H](C)O)C(=O)N[C@@H](Cc1ccc(O)cc1)C(=O)N1CCC[C@H]1C(=O)N[C@@H](CC(C)C)C(=O)N[C@@H](CCCN=C(N)N)C(=O)N[C@@H](CO)C(=O)N[C@@H](C)C(=O)N[C@@H](CCC(=O)O)C(N)=O. The van der Waals surface area contributed by atoms with Crippen LogP contribution in [-0.2, 0) is 54.4 Å². The van der Waals surface area contributed by atoms with E-state index in [9.17, 15) is 63.3 Å². The zero-order valence-electron chi connectivity index (χ0n) is 42.8. The lowest BCUT2D eigenvalue weighted by atomic mass is 9.96. The number of hydrogen-bond donors (Lipinski definition) is 15. The third kappa shape index (κ3) is 20.8. The van der Waals surface area contributed by atoms with Gasteiger partial charge in [0.2, 0.25) is 53.2 Å². The van der Waals surface area contributed by atoms with Crippen molar-refractivity contribution in [3.05, 3.63) is 29.8 Å². The summed E-state index contributed by atoms with van der Waals surface area (Å²) in [4.78, 5) is 138. The zero-order chi connectivity index (χ0) is 56.0. The van der Waals surface area contributed by atoms with Crippen LogP contribution in [-0.4, -0.2) is 171 Å². The summed E-state index contributed by atoms with van der Waals surface area (Å²) < 4.78 is 0. The number of rotatable bonds is 31. The van der Waals surface area contributed by atoms with E-state index < -0.39 is 139 Å². The first-order valence-electron chi connectivity index (χ1n) is 24.5. The molecule has 0 spiro atoms. The summed E-state index contributed by atoms with van der Waals surface area (Å²) in [6.07, 6.45) is -1.21. The number of aliphatic hydroxyl groups excluding tert-OH is 2. The number of aliphatic hydroxyl groups is 2. The Morgan fingerprint density at radius 3 is 1.86 bits per heavy atom. The molecule has 1 heterocycles. The van der Waals surface area contributed by atoms with Crippen LogP contribution in [0, 0.1) is 11.8 Å². The molecule has 27 nitrogen and oxygen atoms in total. The van der Waals surface area contributed by atoms with Crippen molar-refractivity contribution >= 4 is 65.1 Å². The summed E-state index contributed by atoms with van der Waals surface area (Å²) in [7, 11) is 0. The van der Waals surface area contributed by atoms with Gasteiger partial charge in [0.05, 0.1) is 12.7 Å². The molecule has 0 aromatic heterocycles. The number of aromatic hydroxyl groups is 1. The van der Waals surface area contributed by atoms with Crippen molar-refractivity contribution in [1.29, 1.82) is 0 Å². The van der Waals surface area contributed by atoms with Gasteiger partial charge in [-0.2, -0.15) is 0 Å². The molecule has 0 saturated carbocycles. The maximum Gasteiger partial charge on any atom is 0.303 e. The predicted octanol–water partition coefficient (Wildman–Crippen LogP) is -4.46. The second-order valence-corrected chi connectivity index (χ2v) is 18.8. The highest BCUT2D eigenvalue weighted by Gasteiger charge is 2.41. The molecule has 0 bridgehead atoms. The van der Waals surface area contributed by atoms with Gasteiger partial charge in [0.15, 0.2) is 5.96 Å². The molecule has 1 saturated heterocycles. The molecular weight excluding hydrogens is 971 g/mol. The van der Waals surface area contributed by atoms with Crippen LogP contribution in [0.2, 0.25) is 0 Å². The van der Waals surface area contributed by atoms with E-state index in [0.29, 0.717) is 18.4 Å². The number of carbonyl (C=O) groups excluding carboxylic acids is 9. The first-order valence-corrected chi connectivity index (χ1v) is 24.5. The molecule has 0 radical (unpaired) electrons. The van der Waals surface area contributed by atoms with Gasteiger partial charge in [-0.3, -0.25) is 52.9 Å². The second-order valence-electron chi connectivity index (χ2n) is 18.8. The zero-order valence-corrected chi connectivity index (χ0v) is 42.8. The van der Waals surface area contributed by atoms with Crippen LogP contribution in [0.25, 0.3) is 0 Å². The van der Waals surface area contributed by atoms with Crippen LogP contribution in [0.3, 0.4) is 0 Å². The van der Waals surface area contributed by atoms with Crippen molar-refractivity contribution in [3.63, 3.8) is 0 Å². The van der Waals surface area contributed by atoms with E-state index in [2.05, 4.69) is 42.2 Å². The summed E-state index contributed by atoms with van der Waals surface area (Å²) in [5, 5.41) is 56.5. The van der Waals surface area contributed by atoms with Crippen molar-refractivity contribution in [2.24, 2.45) is 39.8 Å². The molecule has 9 amide bonds. The van der Waals surface area contributed by atoms with Gasteiger partial charge in [-0.15, -0.1) is 0 Å². The van der Waals surface area contributed by atoms with Gasteiger partial charge in [0.25, 0.3) is 0 Å². The minimum Gasteiger partial charge on any atom is -0.508 e. The average Bonchev–Trinajstić information content (AvgIpc) is 3.83. The second kappa shape index (κ2) is 30.8. The number of benzene rings is 1. The third-order valence-electron chi connectivity index (χ3n) is 12.2. The topological polar surface area (TPSA) is 456 Å². The highest BCUT2D eigenvalue weighted by atomic mass is 16.4. The Morgan fingerprint density at radius 1 is 0.730 bits per heavy atom. The standard InChI is InChI=1S/C47H77N13O14/c1-7-24(4)37(59-44(72)36(48)26(6)62)45(73)57-32(21-27-12-14-28(63)15-13-27)46(74)60-19-9-11-34(60)43(71)56-31(20-23(2)3)41(69)55-30(10-8-18-52-47(50)51)40(68)58-33(22-61)42(70)53-25(5)39(67)54-29(38(49)66)16-17-35(64)65/h12-15,23-26,29-34,36-37,61-63H,7-11,16-22,48H2,1-6H3,(H2,49,66)(H,53,70)(H,54,67)(H,55,69)(H,56,71)(H,57,73)(H,58,68)(H,59,72)(H,64,65)(H4,50,51,52)/t24-,25-,26+,29-,30-,31-,32-,33-,34-,36-,37-/m0/s1. The molecule has 1 aromatic carbocycles. The number of nitrogens with one attached hydrogen (secondary N) is 7. The molecule has 2 rings (SSSR count). The monoisotopic (exact) mass is 1050 g/mol. The van der Waals surface area contributed by atoms with E-state index in [4.69, 9.17) is 28.0 Å². The average molecular weight is 1050 g/mol. The number of guanidine groups is 1. The summed E-state index contributed by atoms with van der Waals surface area (Å²) in [6, 6.07) is -6.28. The molecule has 27 heteroatoms. The minimum absolute atomic E-state index is 0.00720. The van der Waals surface area contributed by atoms with Gasteiger partial charge in [0.1, 0.15) is 60.1 Å². The van der Waals surface area contributed by atoms with Crippen LogP contribution in [0.4, 0.5) is 0 Å². The van der Waals surface area contributed by atoms with Crippen molar-refractivity contribution in [2.45, 2.75) is 160 Å². The van der Waals surface area contributed by atoms with E-state index in [1.54, 1.807) is 39.8 Å². The third-order valence-corrected chi connectivity index (χ3v) is 12.2. The maximum atomic E-state index is 14.6. The molecule has 74 heavy (non-hydrogen) atoms. The number of aliphatic imine (C=N–C) groups is 1. The first-order chi connectivity index (χ1) is 34.7. The number of amides is 9. The molecular formula is C47H77N13O14. The fourth-order valence-electron chi connectivity index (χ4n) is 7.71. The van der Waals surface area contributed by atoms with Crippen LogP contribution >= 0.6 is 0 Å². The number of hydrogen-bond acceptors (Lipinski definition) is 15. The number of carboxylic acid groups (broad SMARTS) is 1. The Bertz CT molecular complexity index is 2140. The van der Waals surface area contributed by atoms with Gasteiger partial charge >= 0.3 is 5.97 Å². The van der Waals surface area contributed by atoms with E-state index in [0.717, 1.165) is 0 Å². The van der Waals surface area contributed by atoms with Gasteiger partial charge in [0, 0.05) is 25.9 Å². The molecule has 0 unspecified atom stereocenters. The van der Waals surface area contributed by atoms with Gasteiger partial charge < -0.3 is 85.5 Å². The number of nitrogens with zero attached hydrogens (tertiary/aromatic N) is 2. The van der Waals surface area contributed by atoms with Crippen LogP contribution < -0.4 is 60.2 Å². The summed E-state index contributed by atoms with van der Waals surface area (Å²) in [6.45, 7) is 8.69. The number of phenolic OH excluding ortho intramolecular Hbond substituents is 1. The number of primary amides is 1. The Morgan fingerprint density at radius 2 is 1.31 bits per heavy atom. The van der Waals surface area contributed by atoms with Crippen molar-refractivity contribution < 1.29 is 68.4 Å². The molecule has 1 fully saturated rings. The summed E-state index contributed by atoms with van der Waals surface area (Å²) >= 11 is 0. The van der Waals surface area contributed by atoms with Crippen LogP contribution in [0.1, 0.15) is 98.5 Å². The van der Waals surface area contributed by atoms with E-state index >= 15 is 0 Å². The summed E-state index contributed by atoms with van der Waals surface area (Å²) in [5.74, 6) is -9.97. The van der Waals surface area contributed by atoms with Crippen LogP contribution in [0.5, 0.6) is 5.75 Å². The van der Waals surface area contributed by atoms with Gasteiger partial charge in [-0.25, -0.2) is 0 Å². The Balaban J connectivity index is 2.39. The lowest BCUT2D eigenvalue weighted by Crippen LogP contribution is -2.61. The number of likely N-dealkylation sites (tertiary alicyclic amines) is 1. The summed E-state index contributed by atoms with van der Waals surface area (Å²) in [5.41, 5.74) is 22.6. The number of aliphatic carboxylic acids is 1. The highest BCUT2D eigenvalue weighted by molar-refractivity contribution is 5.98. The molecule has 0 aliphatic carbocycles. The predicted molar refractivity (Wildman–Crippen MR) is 267 cm³/mol. The Kier molecular flexibility index (Phi) is 26.2. The van der Waals surface area contributed by atoms with E-state index in [1.807, 2.05) is 0 Å². The molecule has 1 aromatic rings. The van der Waals surface area contributed by atoms with Gasteiger partial charge in [-0.05, 0) is 81.9 Å². The molecule has 1 aliphatic rings. The molecule has 1 aliphatic heterocycles. The number of phenols is 1. The fourth-order valence-corrected chi connectivity index (χ4v) is 7.71. The van der Waals surface area contributed by atoms with E-state index in [-0.39, 0.29) is 69.2 Å².